The summed E-state index contributed by atoms with van der Waals surface area (Å²) in [5, 5.41) is 2.03. The molecule has 3 aromatic carbocycles. The van der Waals surface area contributed by atoms with Crippen molar-refractivity contribution in [1.82, 2.24) is 4.98 Å². The molecule has 1 aromatic heterocycles. The summed E-state index contributed by atoms with van der Waals surface area (Å²) < 4.78 is 5.75. The number of hydrogen-bond donors (Lipinski definition) is 1. The number of aromatic amines is 1. The summed E-state index contributed by atoms with van der Waals surface area (Å²) in [5.41, 5.74) is 6.09. The van der Waals surface area contributed by atoms with Crippen LogP contribution in [-0.2, 0) is 6.42 Å². The number of carbonyl (C=O) groups excluding carboxylic acids is 2. The number of hydrogen-bond acceptors (Lipinski definition) is 3. The quantitative estimate of drug-likeness (QED) is 0.291. The Morgan fingerprint density at radius 3 is 2.50 bits per heavy atom. The van der Waals surface area contributed by atoms with E-state index in [-0.39, 0.29) is 5.97 Å². The molecule has 0 spiro atoms. The van der Waals surface area contributed by atoms with E-state index in [1.807, 2.05) is 57.2 Å². The Balaban J connectivity index is 1.94. The van der Waals surface area contributed by atoms with Crippen LogP contribution in [0.2, 0.25) is 0 Å². The average molecular weight is 371 g/mol. The van der Waals surface area contributed by atoms with Crippen molar-refractivity contribution in [3.63, 3.8) is 0 Å². The van der Waals surface area contributed by atoms with Crippen LogP contribution in [0.1, 0.15) is 44.3 Å². The van der Waals surface area contributed by atoms with Crippen LogP contribution in [0.5, 0.6) is 5.75 Å². The monoisotopic (exact) mass is 371 g/mol. The van der Waals surface area contributed by atoms with Crippen LogP contribution < -0.4 is 4.74 Å². The van der Waals surface area contributed by atoms with E-state index in [9.17, 15) is 9.59 Å². The van der Waals surface area contributed by atoms with Crippen molar-refractivity contribution in [3.05, 3.63) is 76.3 Å². The molecule has 28 heavy (non-hydrogen) atoms. The van der Waals surface area contributed by atoms with Gasteiger partial charge < -0.3 is 9.72 Å². The molecule has 0 unspecified atom stereocenters. The topological polar surface area (TPSA) is 59.2 Å². The Labute approximate surface area is 163 Å². The third-order valence-corrected chi connectivity index (χ3v) is 5.30. The largest absolute Gasteiger partial charge is 0.423 e. The number of ether oxygens (including phenoxy) is 1. The van der Waals surface area contributed by atoms with Gasteiger partial charge in [0.05, 0.1) is 5.56 Å². The molecule has 4 nitrogen and oxygen atoms in total. The number of aryl methyl sites for hydroxylation is 3. The van der Waals surface area contributed by atoms with Gasteiger partial charge in [-0.3, -0.25) is 4.79 Å². The van der Waals surface area contributed by atoms with Gasteiger partial charge >= 0.3 is 5.97 Å². The first-order valence-corrected chi connectivity index (χ1v) is 9.35. The van der Waals surface area contributed by atoms with E-state index in [0.29, 0.717) is 23.3 Å². The van der Waals surface area contributed by atoms with Crippen LogP contribution in [0.4, 0.5) is 0 Å². The van der Waals surface area contributed by atoms with Crippen LogP contribution in [0, 0.1) is 13.8 Å². The Morgan fingerprint density at radius 2 is 1.82 bits per heavy atom. The zero-order valence-corrected chi connectivity index (χ0v) is 16.1. The lowest BCUT2D eigenvalue weighted by atomic mass is 9.96. The normalized spacial score (nSPS) is 11.1. The number of H-pyrrole nitrogens is 1. The first-order valence-electron chi connectivity index (χ1n) is 9.35. The third kappa shape index (κ3) is 2.78. The predicted molar refractivity (Wildman–Crippen MR) is 111 cm³/mol. The van der Waals surface area contributed by atoms with Crippen LogP contribution in [0.3, 0.4) is 0 Å². The molecule has 140 valence electrons. The summed E-state index contributed by atoms with van der Waals surface area (Å²) in [5.74, 6) is 0.175. The van der Waals surface area contributed by atoms with E-state index < -0.39 is 0 Å². The zero-order valence-electron chi connectivity index (χ0n) is 16.1. The number of rotatable bonds is 4. The molecule has 1 heterocycles. The minimum atomic E-state index is -0.379. The highest BCUT2D eigenvalue weighted by Gasteiger charge is 2.19. The molecule has 0 aliphatic heterocycles. The zero-order chi connectivity index (χ0) is 19.8. The molecular formula is C24H21NO3. The summed E-state index contributed by atoms with van der Waals surface area (Å²) in [6, 6.07) is 14.6. The molecule has 0 aliphatic rings. The minimum absolute atomic E-state index is 0.379. The number of nitrogens with one attached hydrogen (secondary N) is 1. The maximum atomic E-state index is 12.6. The Hall–Kier alpha value is -3.40. The molecule has 1 N–H and O–H groups in total. The van der Waals surface area contributed by atoms with Gasteiger partial charge in [0, 0.05) is 32.9 Å². The van der Waals surface area contributed by atoms with E-state index >= 15 is 0 Å². The molecule has 0 amide bonds. The first kappa shape index (κ1) is 18.0. The fourth-order valence-electron chi connectivity index (χ4n) is 3.87. The fraction of sp³-hybridized carbons (Fsp3) is 0.167. The maximum Gasteiger partial charge on any atom is 0.343 e. The molecule has 4 aromatic rings. The summed E-state index contributed by atoms with van der Waals surface area (Å²) in [4.78, 5) is 27.6. The molecule has 0 atom stereocenters. The number of benzene rings is 3. The molecular weight excluding hydrogens is 350 g/mol. The van der Waals surface area contributed by atoms with Crippen molar-refractivity contribution < 1.29 is 14.3 Å². The first-order chi connectivity index (χ1) is 13.5. The lowest BCUT2D eigenvalue weighted by molar-refractivity contribution is 0.0733. The highest BCUT2D eigenvalue weighted by molar-refractivity contribution is 6.14. The van der Waals surface area contributed by atoms with Crippen molar-refractivity contribution in [3.8, 4) is 5.75 Å². The van der Waals surface area contributed by atoms with Crippen molar-refractivity contribution in [2.45, 2.75) is 27.2 Å². The van der Waals surface area contributed by atoms with Gasteiger partial charge in [-0.2, -0.15) is 0 Å². The Morgan fingerprint density at radius 1 is 1.07 bits per heavy atom. The van der Waals surface area contributed by atoms with E-state index in [4.69, 9.17) is 4.74 Å². The average Bonchev–Trinajstić information content (AvgIpc) is 3.11. The van der Waals surface area contributed by atoms with Gasteiger partial charge in [-0.25, -0.2) is 4.79 Å². The molecule has 0 fully saturated rings. The van der Waals surface area contributed by atoms with Crippen molar-refractivity contribution in [2.75, 3.05) is 0 Å². The molecule has 4 heteroatoms. The van der Waals surface area contributed by atoms with Crippen LogP contribution in [0.15, 0.2) is 48.5 Å². The van der Waals surface area contributed by atoms with E-state index in [0.717, 1.165) is 44.8 Å². The third-order valence-electron chi connectivity index (χ3n) is 5.30. The second-order valence-corrected chi connectivity index (χ2v) is 6.97. The molecule has 4 rings (SSSR count). The smallest absolute Gasteiger partial charge is 0.343 e. The second-order valence-electron chi connectivity index (χ2n) is 6.97. The Bertz CT molecular complexity index is 1220. The SMILES string of the molecule is CCc1c(OC(=O)c2ccccc2)ccc2[nH]c3c(C)cc(C=O)c(C)c3c12. The number of aromatic nitrogens is 1. The number of carbonyl (C=O) groups is 2. The molecule has 0 radical (unpaired) electrons. The fourth-order valence-corrected chi connectivity index (χ4v) is 3.87. The van der Waals surface area contributed by atoms with Gasteiger partial charge in [0.2, 0.25) is 0 Å². The summed E-state index contributed by atoms with van der Waals surface area (Å²) in [6.45, 7) is 5.99. The Kier molecular flexibility index (Phi) is 4.47. The second kappa shape index (κ2) is 6.97. The molecule has 0 saturated heterocycles. The van der Waals surface area contributed by atoms with Gasteiger partial charge in [-0.1, -0.05) is 25.1 Å². The molecule has 0 saturated carbocycles. The lowest BCUT2D eigenvalue weighted by Gasteiger charge is -2.12. The predicted octanol–water partition coefficient (Wildman–Crippen LogP) is 5.53. The van der Waals surface area contributed by atoms with Gasteiger partial charge in [0.1, 0.15) is 12.0 Å². The molecule has 0 aliphatic carbocycles. The van der Waals surface area contributed by atoms with Crippen molar-refractivity contribution >= 4 is 34.1 Å². The number of esters is 1. The van der Waals surface area contributed by atoms with Gasteiger partial charge in [0.15, 0.2) is 0 Å². The van der Waals surface area contributed by atoms with Gasteiger partial charge in [0.25, 0.3) is 0 Å². The van der Waals surface area contributed by atoms with Gasteiger partial charge in [-0.05, 0) is 61.7 Å². The van der Waals surface area contributed by atoms with Crippen molar-refractivity contribution in [1.29, 1.82) is 0 Å². The minimum Gasteiger partial charge on any atom is -0.423 e. The maximum absolute atomic E-state index is 12.6. The van der Waals surface area contributed by atoms with Crippen LogP contribution >= 0.6 is 0 Å². The van der Waals surface area contributed by atoms with Gasteiger partial charge in [-0.15, -0.1) is 0 Å². The van der Waals surface area contributed by atoms with E-state index in [1.165, 1.54) is 0 Å². The summed E-state index contributed by atoms with van der Waals surface area (Å²) in [6.07, 6.45) is 1.59. The summed E-state index contributed by atoms with van der Waals surface area (Å²) in [7, 11) is 0. The summed E-state index contributed by atoms with van der Waals surface area (Å²) >= 11 is 0. The van der Waals surface area contributed by atoms with E-state index in [1.54, 1.807) is 12.1 Å². The van der Waals surface area contributed by atoms with Crippen LogP contribution in [-0.4, -0.2) is 17.2 Å². The van der Waals surface area contributed by atoms with E-state index in [2.05, 4.69) is 4.98 Å². The lowest BCUT2D eigenvalue weighted by Crippen LogP contribution is -2.09. The number of aldehydes is 1. The highest BCUT2D eigenvalue weighted by atomic mass is 16.5. The van der Waals surface area contributed by atoms with Crippen molar-refractivity contribution in [2.24, 2.45) is 0 Å². The van der Waals surface area contributed by atoms with Crippen LogP contribution in [0.25, 0.3) is 21.8 Å². The number of fused-ring (bicyclic) bond motifs is 3. The standard InChI is InChI=1S/C24H21NO3/c1-4-18-20(28-24(27)16-8-6-5-7-9-16)11-10-19-22(18)21-15(3)17(13-26)12-14(2)23(21)25-19/h5-13,25H,4H2,1-3H3. The highest BCUT2D eigenvalue weighted by Crippen LogP contribution is 2.38. The molecule has 0 bridgehead atoms.